The third-order valence-electron chi connectivity index (χ3n) is 8.21. The number of pyridine rings is 1. The number of aromatic nitrogens is 1. The number of amides is 1. The third kappa shape index (κ3) is 6.76. The minimum Gasteiger partial charge on any atom is -0.490 e. The number of anilines is 2. The number of nitro groups is 1. The van der Waals surface area contributed by atoms with Crippen molar-refractivity contribution >= 4 is 23.1 Å². The second-order valence-electron chi connectivity index (χ2n) is 10.9. The van der Waals surface area contributed by atoms with E-state index in [9.17, 15) is 28.1 Å². The van der Waals surface area contributed by atoms with E-state index in [0.717, 1.165) is 49.6 Å². The molecule has 3 aliphatic rings. The number of rotatable bonds is 8. The largest absolute Gasteiger partial charge is 0.490 e. The number of piperazine rings is 1. The molecule has 2 aliphatic carbocycles. The second kappa shape index (κ2) is 11.9. The molecule has 2 saturated carbocycles. The number of benzene rings is 1. The van der Waals surface area contributed by atoms with Gasteiger partial charge in [-0.15, -0.1) is 0 Å². The van der Waals surface area contributed by atoms with Crippen molar-refractivity contribution in [3.8, 4) is 5.75 Å². The zero-order chi connectivity index (χ0) is 28.3. The smallest absolute Gasteiger partial charge is 0.423 e. The van der Waals surface area contributed by atoms with Crippen LogP contribution in [-0.2, 0) is 11.0 Å². The molecule has 1 aromatic carbocycles. The number of halogens is 3. The fraction of sp³-hybridized carbons (Fsp3) is 0.571. The molecular formula is C28H34F3N5O4. The Labute approximate surface area is 230 Å². The van der Waals surface area contributed by atoms with Crippen molar-refractivity contribution in [2.45, 2.75) is 69.7 Å². The summed E-state index contributed by atoms with van der Waals surface area (Å²) in [6.07, 6.45) is 3.95. The van der Waals surface area contributed by atoms with Crippen molar-refractivity contribution in [2.75, 3.05) is 36.4 Å². The topological polar surface area (TPSA) is 101 Å². The lowest BCUT2D eigenvalue weighted by Crippen LogP contribution is -2.49. The Balaban J connectivity index is 1.10. The van der Waals surface area contributed by atoms with Crippen molar-refractivity contribution in [3.63, 3.8) is 0 Å². The summed E-state index contributed by atoms with van der Waals surface area (Å²) in [5.74, 6) is 2.36. The van der Waals surface area contributed by atoms with Gasteiger partial charge in [-0.1, -0.05) is 6.42 Å². The molecule has 2 aromatic rings. The highest BCUT2D eigenvalue weighted by Gasteiger charge is 2.38. The summed E-state index contributed by atoms with van der Waals surface area (Å²) in [5.41, 5.74) is -1.99. The maximum Gasteiger partial charge on any atom is 0.423 e. The molecule has 5 rings (SSSR count). The van der Waals surface area contributed by atoms with E-state index in [-0.39, 0.29) is 23.7 Å². The lowest BCUT2D eigenvalue weighted by atomic mass is 9.82. The van der Waals surface area contributed by atoms with Gasteiger partial charge in [0.15, 0.2) is 0 Å². The van der Waals surface area contributed by atoms with Gasteiger partial charge in [-0.25, -0.2) is 4.98 Å². The zero-order valence-electron chi connectivity index (χ0n) is 22.2. The van der Waals surface area contributed by atoms with Crippen molar-refractivity contribution in [3.05, 3.63) is 52.2 Å². The molecule has 3 fully saturated rings. The summed E-state index contributed by atoms with van der Waals surface area (Å²) < 4.78 is 46.1. The maximum absolute atomic E-state index is 13.3. The van der Waals surface area contributed by atoms with E-state index in [1.54, 1.807) is 6.20 Å². The van der Waals surface area contributed by atoms with Crippen molar-refractivity contribution in [1.82, 2.24) is 9.88 Å². The number of ether oxygens (including phenoxy) is 1. The van der Waals surface area contributed by atoms with Crippen LogP contribution >= 0.6 is 0 Å². The Bertz CT molecular complexity index is 1210. The quantitative estimate of drug-likeness (QED) is 0.328. The number of nitrogens with one attached hydrogen (secondary N) is 1. The summed E-state index contributed by atoms with van der Waals surface area (Å²) in [6, 6.07) is 6.71. The highest BCUT2D eigenvalue weighted by atomic mass is 19.4. The molecule has 9 nitrogen and oxygen atoms in total. The van der Waals surface area contributed by atoms with Gasteiger partial charge in [-0.05, 0) is 62.6 Å². The van der Waals surface area contributed by atoms with E-state index in [1.807, 2.05) is 17.0 Å². The number of nitro benzene ring substituents is 1. The molecule has 1 N–H and O–H groups in total. The van der Waals surface area contributed by atoms with E-state index >= 15 is 0 Å². The Morgan fingerprint density at radius 2 is 1.77 bits per heavy atom. The predicted octanol–water partition coefficient (Wildman–Crippen LogP) is 5.65. The Morgan fingerprint density at radius 3 is 2.40 bits per heavy atom. The predicted molar refractivity (Wildman–Crippen MR) is 143 cm³/mol. The maximum atomic E-state index is 13.3. The van der Waals surface area contributed by atoms with Gasteiger partial charge in [0.25, 0.3) is 5.69 Å². The van der Waals surface area contributed by atoms with Gasteiger partial charge in [-0.2, -0.15) is 13.2 Å². The average molecular weight is 562 g/mol. The SMILES string of the molecule is O=C(CC1CCC1)N1CCN(c2cc(O[C@H]3CC[C@H](Nc4ccc([N+](=O)[O-])c(C(F)(F)F)c4)CC3)ccn2)CC1. The molecule has 0 spiro atoms. The minimum atomic E-state index is -4.81. The first-order chi connectivity index (χ1) is 19.2. The van der Waals surface area contributed by atoms with E-state index < -0.39 is 22.4 Å². The van der Waals surface area contributed by atoms with Gasteiger partial charge in [0, 0.05) is 62.7 Å². The summed E-state index contributed by atoms with van der Waals surface area (Å²) in [5, 5.41) is 14.1. The lowest BCUT2D eigenvalue weighted by molar-refractivity contribution is -0.388. The number of alkyl halides is 3. The van der Waals surface area contributed by atoms with Crippen LogP contribution in [0, 0.1) is 16.0 Å². The fourth-order valence-electron chi connectivity index (χ4n) is 5.67. The molecule has 216 valence electrons. The van der Waals surface area contributed by atoms with Crippen LogP contribution in [0.3, 0.4) is 0 Å². The Morgan fingerprint density at radius 1 is 1.05 bits per heavy atom. The number of hydrogen-bond donors (Lipinski definition) is 1. The molecule has 0 bridgehead atoms. The van der Waals surface area contributed by atoms with Crippen molar-refractivity contribution in [2.24, 2.45) is 5.92 Å². The molecule has 2 heterocycles. The van der Waals surface area contributed by atoms with Gasteiger partial charge in [0.05, 0.1) is 11.0 Å². The van der Waals surface area contributed by atoms with Gasteiger partial charge < -0.3 is 19.9 Å². The first kappa shape index (κ1) is 28.0. The summed E-state index contributed by atoms with van der Waals surface area (Å²) in [4.78, 5) is 31.2. The summed E-state index contributed by atoms with van der Waals surface area (Å²) in [6.45, 7) is 2.83. The molecule has 40 heavy (non-hydrogen) atoms. The Hall–Kier alpha value is -3.57. The van der Waals surface area contributed by atoms with Crippen LogP contribution in [-0.4, -0.2) is 59.0 Å². The Kier molecular flexibility index (Phi) is 8.32. The molecule has 12 heteroatoms. The fourth-order valence-corrected chi connectivity index (χ4v) is 5.67. The summed E-state index contributed by atoms with van der Waals surface area (Å²) >= 11 is 0. The molecule has 0 unspecified atom stereocenters. The molecule has 0 atom stereocenters. The molecule has 1 aliphatic heterocycles. The van der Waals surface area contributed by atoms with E-state index in [1.165, 1.54) is 25.3 Å². The first-order valence-electron chi connectivity index (χ1n) is 13.9. The first-order valence-corrected chi connectivity index (χ1v) is 13.9. The van der Waals surface area contributed by atoms with Crippen LogP contribution in [0.25, 0.3) is 0 Å². The van der Waals surface area contributed by atoms with Crippen LogP contribution in [0.4, 0.5) is 30.4 Å². The van der Waals surface area contributed by atoms with Gasteiger partial charge in [0.1, 0.15) is 17.1 Å². The van der Waals surface area contributed by atoms with E-state index in [4.69, 9.17) is 4.74 Å². The highest BCUT2D eigenvalue weighted by molar-refractivity contribution is 5.77. The lowest BCUT2D eigenvalue weighted by Gasteiger charge is -2.37. The average Bonchev–Trinajstić information content (AvgIpc) is 2.91. The molecule has 1 aromatic heterocycles. The van der Waals surface area contributed by atoms with Crippen LogP contribution in [0.15, 0.2) is 36.5 Å². The second-order valence-corrected chi connectivity index (χ2v) is 10.9. The highest BCUT2D eigenvalue weighted by Crippen LogP contribution is 2.38. The molecule has 1 saturated heterocycles. The minimum absolute atomic E-state index is 0.0307. The monoisotopic (exact) mass is 561 g/mol. The number of carbonyl (C=O) groups excluding carboxylic acids is 1. The number of nitrogens with zero attached hydrogens (tertiary/aromatic N) is 4. The van der Waals surface area contributed by atoms with E-state index in [0.29, 0.717) is 38.3 Å². The molecular weight excluding hydrogens is 527 g/mol. The normalized spacial score (nSPS) is 22.0. The third-order valence-corrected chi connectivity index (χ3v) is 8.21. The van der Waals surface area contributed by atoms with Gasteiger partial charge >= 0.3 is 6.18 Å². The van der Waals surface area contributed by atoms with Gasteiger partial charge in [0.2, 0.25) is 5.91 Å². The molecule has 1 amide bonds. The van der Waals surface area contributed by atoms with Crippen LogP contribution in [0.5, 0.6) is 5.75 Å². The molecule has 0 radical (unpaired) electrons. The van der Waals surface area contributed by atoms with Crippen molar-refractivity contribution in [1.29, 1.82) is 0 Å². The number of hydrogen-bond acceptors (Lipinski definition) is 7. The van der Waals surface area contributed by atoms with Crippen LogP contribution in [0.1, 0.15) is 56.9 Å². The van der Waals surface area contributed by atoms with Crippen LogP contribution in [0.2, 0.25) is 0 Å². The number of carbonyl (C=O) groups is 1. The standard InChI is InChI=1S/C28H34F3N5O4/c29-28(30,31)24-17-21(6-9-25(24)36(38)39)33-20-4-7-22(8-5-20)40-23-10-11-32-26(18-23)34-12-14-35(15-13-34)27(37)16-19-2-1-3-19/h6,9-11,17-20,22,33H,1-5,7-8,12-16H2/t20-,22-. The van der Waals surface area contributed by atoms with Crippen molar-refractivity contribution < 1.29 is 27.6 Å². The zero-order valence-corrected chi connectivity index (χ0v) is 22.2. The van der Waals surface area contributed by atoms with Gasteiger partial charge in [-0.3, -0.25) is 14.9 Å². The van der Waals surface area contributed by atoms with Crippen LogP contribution < -0.4 is 15.0 Å². The summed E-state index contributed by atoms with van der Waals surface area (Å²) in [7, 11) is 0. The van der Waals surface area contributed by atoms with E-state index in [2.05, 4.69) is 15.2 Å².